The molecule has 0 N–H and O–H groups in total. The van der Waals surface area contributed by atoms with Gasteiger partial charge >= 0.3 is 5.97 Å². The van der Waals surface area contributed by atoms with Crippen molar-refractivity contribution in [3.63, 3.8) is 0 Å². The summed E-state index contributed by atoms with van der Waals surface area (Å²) in [6, 6.07) is 0.392. The number of carbonyl (C=O) groups is 1. The average molecular weight is 197 g/mol. The molecule has 0 aromatic rings. The molecule has 1 aliphatic carbocycles. The second kappa shape index (κ2) is 5.15. The molecule has 0 spiro atoms. The fourth-order valence-corrected chi connectivity index (χ4v) is 1.70. The van der Waals surface area contributed by atoms with Gasteiger partial charge in [0.1, 0.15) is 0 Å². The third-order valence-electron chi connectivity index (χ3n) is 2.54. The van der Waals surface area contributed by atoms with Crippen molar-refractivity contribution < 1.29 is 9.53 Å². The highest BCUT2D eigenvalue weighted by Gasteiger charge is 2.19. The van der Waals surface area contributed by atoms with Gasteiger partial charge in [0.25, 0.3) is 0 Å². The number of esters is 1. The Morgan fingerprint density at radius 2 is 2.36 bits per heavy atom. The lowest BCUT2D eigenvalue weighted by atomic mass is 9.95. The van der Waals surface area contributed by atoms with Gasteiger partial charge in [0, 0.05) is 11.6 Å². The molecule has 14 heavy (non-hydrogen) atoms. The van der Waals surface area contributed by atoms with E-state index in [9.17, 15) is 4.79 Å². The van der Waals surface area contributed by atoms with Gasteiger partial charge in [0.2, 0.25) is 0 Å². The molecule has 1 rings (SSSR count). The van der Waals surface area contributed by atoms with Crippen molar-refractivity contribution in [2.45, 2.75) is 32.2 Å². The number of hydrogen-bond donors (Lipinski definition) is 0. The van der Waals surface area contributed by atoms with Gasteiger partial charge < -0.3 is 9.64 Å². The first kappa shape index (κ1) is 11.2. The summed E-state index contributed by atoms with van der Waals surface area (Å²) in [7, 11) is 4.07. The molecule has 1 unspecified atom stereocenters. The van der Waals surface area contributed by atoms with Crippen molar-refractivity contribution in [1.29, 1.82) is 0 Å². The van der Waals surface area contributed by atoms with E-state index in [1.807, 2.05) is 27.1 Å². The Hall–Kier alpha value is -0.830. The first-order valence-corrected chi connectivity index (χ1v) is 5.19. The van der Waals surface area contributed by atoms with E-state index in [-0.39, 0.29) is 5.97 Å². The number of hydrogen-bond acceptors (Lipinski definition) is 3. The maximum absolute atomic E-state index is 11.5. The molecule has 3 heteroatoms. The van der Waals surface area contributed by atoms with Crippen LogP contribution in [0.5, 0.6) is 0 Å². The van der Waals surface area contributed by atoms with Crippen LogP contribution in [0.25, 0.3) is 0 Å². The minimum atomic E-state index is -0.140. The monoisotopic (exact) mass is 197 g/mol. The van der Waals surface area contributed by atoms with Crippen LogP contribution in [0.4, 0.5) is 0 Å². The summed E-state index contributed by atoms with van der Waals surface area (Å²) in [5.74, 6) is -0.140. The van der Waals surface area contributed by atoms with Crippen LogP contribution in [0.15, 0.2) is 11.6 Å². The predicted octanol–water partition coefficient (Wildman–Crippen LogP) is 1.59. The molecule has 0 saturated carbocycles. The van der Waals surface area contributed by atoms with Crippen LogP contribution in [0, 0.1) is 0 Å². The highest BCUT2D eigenvalue weighted by molar-refractivity contribution is 5.88. The topological polar surface area (TPSA) is 29.5 Å². The van der Waals surface area contributed by atoms with Gasteiger partial charge in [-0.15, -0.1) is 0 Å². The smallest absolute Gasteiger partial charge is 0.333 e. The molecular weight excluding hydrogens is 178 g/mol. The fraction of sp³-hybridized carbons (Fsp3) is 0.727. The van der Waals surface area contributed by atoms with Crippen LogP contribution in [-0.4, -0.2) is 37.6 Å². The van der Waals surface area contributed by atoms with Crippen molar-refractivity contribution in [2.75, 3.05) is 20.7 Å². The minimum absolute atomic E-state index is 0.140. The molecular formula is C11H19NO2. The van der Waals surface area contributed by atoms with Crippen LogP contribution in [0.3, 0.4) is 0 Å². The van der Waals surface area contributed by atoms with E-state index < -0.39 is 0 Å². The van der Waals surface area contributed by atoms with E-state index in [4.69, 9.17) is 4.74 Å². The number of rotatable bonds is 3. The summed E-state index contributed by atoms with van der Waals surface area (Å²) in [4.78, 5) is 13.6. The van der Waals surface area contributed by atoms with Crippen LogP contribution in [0.2, 0.25) is 0 Å². The lowest BCUT2D eigenvalue weighted by molar-refractivity contribution is -0.138. The summed E-state index contributed by atoms with van der Waals surface area (Å²) in [6.07, 6.45) is 5.12. The molecule has 0 amide bonds. The summed E-state index contributed by atoms with van der Waals surface area (Å²) in [5, 5.41) is 0. The van der Waals surface area contributed by atoms with E-state index >= 15 is 0 Å². The molecule has 1 aliphatic rings. The van der Waals surface area contributed by atoms with Gasteiger partial charge in [-0.25, -0.2) is 4.79 Å². The van der Waals surface area contributed by atoms with Gasteiger partial charge in [-0.1, -0.05) is 6.08 Å². The van der Waals surface area contributed by atoms with E-state index in [0.717, 1.165) is 24.8 Å². The predicted molar refractivity (Wildman–Crippen MR) is 56.0 cm³/mol. The molecule has 0 aromatic heterocycles. The highest BCUT2D eigenvalue weighted by atomic mass is 16.5. The van der Waals surface area contributed by atoms with Crippen molar-refractivity contribution in [2.24, 2.45) is 0 Å². The zero-order chi connectivity index (χ0) is 10.6. The highest BCUT2D eigenvalue weighted by Crippen LogP contribution is 2.21. The zero-order valence-electron chi connectivity index (χ0n) is 9.25. The summed E-state index contributed by atoms with van der Waals surface area (Å²) in [5.41, 5.74) is 0.844. The van der Waals surface area contributed by atoms with E-state index in [1.54, 1.807) is 0 Å². The third kappa shape index (κ3) is 2.84. The van der Waals surface area contributed by atoms with Gasteiger partial charge in [-0.05, 0) is 40.3 Å². The van der Waals surface area contributed by atoms with Crippen LogP contribution < -0.4 is 0 Å². The lowest BCUT2D eigenvalue weighted by Gasteiger charge is -2.25. The first-order chi connectivity index (χ1) is 6.65. The molecule has 0 saturated heterocycles. The van der Waals surface area contributed by atoms with Crippen molar-refractivity contribution >= 4 is 5.97 Å². The Morgan fingerprint density at radius 1 is 1.64 bits per heavy atom. The fourth-order valence-electron chi connectivity index (χ4n) is 1.70. The third-order valence-corrected chi connectivity index (χ3v) is 2.54. The molecule has 1 atom stereocenters. The Morgan fingerprint density at radius 3 is 2.93 bits per heavy atom. The zero-order valence-corrected chi connectivity index (χ0v) is 9.25. The Labute approximate surface area is 85.7 Å². The van der Waals surface area contributed by atoms with Crippen molar-refractivity contribution in [3.8, 4) is 0 Å². The molecule has 0 aromatic carbocycles. The molecule has 0 fully saturated rings. The van der Waals surface area contributed by atoms with E-state index in [0.29, 0.717) is 12.6 Å². The van der Waals surface area contributed by atoms with Crippen LogP contribution in [0.1, 0.15) is 26.2 Å². The Bertz CT molecular complexity index is 233. The van der Waals surface area contributed by atoms with Gasteiger partial charge in [-0.2, -0.15) is 0 Å². The SMILES string of the molecule is CCOC(=O)C1=CC(N(C)C)CCC1. The Kier molecular flexibility index (Phi) is 4.14. The van der Waals surface area contributed by atoms with Crippen LogP contribution >= 0.6 is 0 Å². The molecule has 0 radical (unpaired) electrons. The molecule has 0 aliphatic heterocycles. The van der Waals surface area contributed by atoms with Gasteiger partial charge in [-0.3, -0.25) is 0 Å². The normalized spacial score (nSPS) is 22.0. The second-order valence-electron chi connectivity index (χ2n) is 3.84. The first-order valence-electron chi connectivity index (χ1n) is 5.19. The number of nitrogens with zero attached hydrogens (tertiary/aromatic N) is 1. The quantitative estimate of drug-likeness (QED) is 0.643. The average Bonchev–Trinajstić information content (AvgIpc) is 2.18. The van der Waals surface area contributed by atoms with Crippen molar-refractivity contribution in [3.05, 3.63) is 11.6 Å². The van der Waals surface area contributed by atoms with Gasteiger partial charge in [0.05, 0.1) is 6.61 Å². The molecule has 0 heterocycles. The van der Waals surface area contributed by atoms with Crippen LogP contribution in [-0.2, 0) is 9.53 Å². The summed E-state index contributed by atoms with van der Waals surface area (Å²) < 4.78 is 4.98. The van der Waals surface area contributed by atoms with E-state index in [2.05, 4.69) is 4.90 Å². The Balaban J connectivity index is 2.63. The van der Waals surface area contributed by atoms with Gasteiger partial charge in [0.15, 0.2) is 0 Å². The van der Waals surface area contributed by atoms with E-state index in [1.165, 1.54) is 0 Å². The number of ether oxygens (including phenoxy) is 1. The molecule has 0 bridgehead atoms. The number of carbonyl (C=O) groups excluding carboxylic acids is 1. The van der Waals surface area contributed by atoms with Crippen molar-refractivity contribution in [1.82, 2.24) is 4.90 Å². The largest absolute Gasteiger partial charge is 0.463 e. The second-order valence-corrected chi connectivity index (χ2v) is 3.84. The minimum Gasteiger partial charge on any atom is -0.463 e. The molecule has 80 valence electrons. The standard InChI is InChI=1S/C11H19NO2/c1-4-14-11(13)9-6-5-7-10(8-9)12(2)3/h8,10H,4-7H2,1-3H3. The maximum atomic E-state index is 11.5. The lowest BCUT2D eigenvalue weighted by Crippen LogP contribution is -2.29. The molecule has 3 nitrogen and oxygen atoms in total. The summed E-state index contributed by atoms with van der Waals surface area (Å²) in [6.45, 7) is 2.30. The number of likely N-dealkylation sites (N-methyl/N-ethyl adjacent to an activating group) is 1. The summed E-state index contributed by atoms with van der Waals surface area (Å²) >= 11 is 0. The maximum Gasteiger partial charge on any atom is 0.333 e.